The van der Waals surface area contributed by atoms with E-state index in [0.29, 0.717) is 10.0 Å². The number of hydrogen-bond donors (Lipinski definition) is 3. The largest absolute Gasteiger partial charge is 0.478 e. The Morgan fingerprint density at radius 1 is 1.45 bits per heavy atom. The zero-order valence-electron chi connectivity index (χ0n) is 10.00. The molecule has 0 unspecified atom stereocenters. The van der Waals surface area contributed by atoms with Crippen molar-refractivity contribution in [3.63, 3.8) is 0 Å². The van der Waals surface area contributed by atoms with Crippen molar-refractivity contribution in [2.45, 2.75) is 11.4 Å². The van der Waals surface area contributed by atoms with Crippen molar-refractivity contribution >= 4 is 31.9 Å². The predicted octanol–water partition coefficient (Wildman–Crippen LogP) is 1.35. The molecular formula is C11H10BrN3O4S. The lowest BCUT2D eigenvalue weighted by Gasteiger charge is -2.08. The molecule has 0 atom stereocenters. The van der Waals surface area contributed by atoms with Crippen molar-refractivity contribution in [3.05, 3.63) is 46.2 Å². The van der Waals surface area contributed by atoms with Crippen LogP contribution in [0.1, 0.15) is 15.9 Å². The van der Waals surface area contributed by atoms with Gasteiger partial charge in [0.15, 0.2) is 0 Å². The van der Waals surface area contributed by atoms with Crippen LogP contribution in [0, 0.1) is 0 Å². The van der Waals surface area contributed by atoms with Crippen LogP contribution in [0.15, 0.2) is 40.0 Å². The lowest BCUT2D eigenvalue weighted by atomic mass is 10.2. The number of sulfonamides is 1. The van der Waals surface area contributed by atoms with Crippen LogP contribution in [0.4, 0.5) is 0 Å². The normalized spacial score (nSPS) is 11.4. The van der Waals surface area contributed by atoms with Crippen LogP contribution < -0.4 is 4.72 Å². The lowest BCUT2D eigenvalue weighted by Crippen LogP contribution is -2.23. The summed E-state index contributed by atoms with van der Waals surface area (Å²) in [6.45, 7) is 0.0581. The minimum absolute atomic E-state index is 0.0581. The van der Waals surface area contributed by atoms with Crippen molar-refractivity contribution < 1.29 is 18.3 Å². The van der Waals surface area contributed by atoms with Gasteiger partial charge < -0.3 is 5.11 Å². The van der Waals surface area contributed by atoms with Crippen molar-refractivity contribution in [1.82, 2.24) is 14.9 Å². The van der Waals surface area contributed by atoms with Gasteiger partial charge in [0.2, 0.25) is 10.0 Å². The van der Waals surface area contributed by atoms with Gasteiger partial charge in [0.05, 0.1) is 16.7 Å². The number of aromatic nitrogens is 2. The van der Waals surface area contributed by atoms with Crippen LogP contribution in [-0.2, 0) is 16.6 Å². The molecule has 20 heavy (non-hydrogen) atoms. The Kier molecular flexibility index (Phi) is 4.21. The Bertz CT molecular complexity index is 728. The molecule has 0 saturated heterocycles. The highest BCUT2D eigenvalue weighted by molar-refractivity contribution is 9.10. The molecule has 2 rings (SSSR count). The van der Waals surface area contributed by atoms with E-state index in [-0.39, 0.29) is 17.0 Å². The fourth-order valence-corrected chi connectivity index (χ4v) is 3.48. The molecule has 7 nitrogen and oxygen atoms in total. The highest BCUT2D eigenvalue weighted by Crippen LogP contribution is 2.23. The second kappa shape index (κ2) is 5.73. The van der Waals surface area contributed by atoms with Gasteiger partial charge >= 0.3 is 5.97 Å². The highest BCUT2D eigenvalue weighted by atomic mass is 79.9. The van der Waals surface area contributed by atoms with E-state index < -0.39 is 16.0 Å². The number of aromatic amines is 1. The summed E-state index contributed by atoms with van der Waals surface area (Å²) >= 11 is 3.10. The molecule has 0 aliphatic heterocycles. The van der Waals surface area contributed by atoms with Gasteiger partial charge in [-0.25, -0.2) is 17.9 Å². The SMILES string of the molecule is O=C(O)c1ccc(Br)c(S(=O)(=O)NCc2cn[nH]c2)c1. The van der Waals surface area contributed by atoms with Crippen molar-refractivity contribution in [2.75, 3.05) is 0 Å². The molecule has 0 saturated carbocycles. The molecule has 0 aliphatic carbocycles. The number of nitrogens with one attached hydrogen (secondary N) is 2. The summed E-state index contributed by atoms with van der Waals surface area (Å²) in [5.74, 6) is -1.19. The number of carbonyl (C=O) groups is 1. The van der Waals surface area contributed by atoms with Gasteiger partial charge in [0.25, 0.3) is 0 Å². The Balaban J connectivity index is 2.28. The number of hydrogen-bond acceptors (Lipinski definition) is 4. The molecule has 106 valence electrons. The first-order valence-corrected chi connectivity index (χ1v) is 7.68. The minimum Gasteiger partial charge on any atom is -0.478 e. The molecule has 0 amide bonds. The van der Waals surface area contributed by atoms with Crippen molar-refractivity contribution in [1.29, 1.82) is 0 Å². The van der Waals surface area contributed by atoms with Gasteiger partial charge in [-0.15, -0.1) is 0 Å². The average molecular weight is 360 g/mol. The molecule has 3 N–H and O–H groups in total. The molecule has 0 bridgehead atoms. The number of carboxylic acids is 1. The van der Waals surface area contributed by atoms with E-state index in [1.165, 1.54) is 18.3 Å². The maximum atomic E-state index is 12.2. The zero-order valence-corrected chi connectivity index (χ0v) is 12.4. The first-order valence-electron chi connectivity index (χ1n) is 5.40. The van der Waals surface area contributed by atoms with E-state index in [4.69, 9.17) is 5.11 Å². The Labute approximate surface area is 123 Å². The fraction of sp³-hybridized carbons (Fsp3) is 0.0909. The standard InChI is InChI=1S/C11H10BrN3O4S/c12-9-2-1-8(11(16)17)3-10(9)20(18,19)15-6-7-4-13-14-5-7/h1-5,15H,6H2,(H,13,14)(H,16,17). The van der Waals surface area contributed by atoms with Crippen LogP contribution in [0.2, 0.25) is 0 Å². The summed E-state index contributed by atoms with van der Waals surface area (Å²) < 4.78 is 27.0. The summed E-state index contributed by atoms with van der Waals surface area (Å²) in [7, 11) is -3.82. The van der Waals surface area contributed by atoms with E-state index in [1.807, 2.05) is 0 Å². The summed E-state index contributed by atoms with van der Waals surface area (Å²) in [5.41, 5.74) is 0.566. The third kappa shape index (κ3) is 3.24. The molecule has 0 radical (unpaired) electrons. The van der Waals surface area contributed by atoms with Gasteiger partial charge in [0.1, 0.15) is 0 Å². The van der Waals surface area contributed by atoms with E-state index >= 15 is 0 Å². The van der Waals surface area contributed by atoms with Crippen molar-refractivity contribution in [2.24, 2.45) is 0 Å². The van der Waals surface area contributed by atoms with Gasteiger partial charge in [0, 0.05) is 22.8 Å². The number of benzene rings is 1. The number of rotatable bonds is 5. The van der Waals surface area contributed by atoms with Crippen LogP contribution in [0.25, 0.3) is 0 Å². The summed E-state index contributed by atoms with van der Waals surface area (Å²) in [4.78, 5) is 10.8. The van der Waals surface area contributed by atoms with Crippen LogP contribution in [-0.4, -0.2) is 29.7 Å². The minimum atomic E-state index is -3.82. The van der Waals surface area contributed by atoms with Gasteiger partial charge in [-0.1, -0.05) is 0 Å². The third-order valence-electron chi connectivity index (χ3n) is 2.49. The van der Waals surface area contributed by atoms with Crippen LogP contribution >= 0.6 is 15.9 Å². The Morgan fingerprint density at radius 2 is 2.20 bits per heavy atom. The maximum Gasteiger partial charge on any atom is 0.335 e. The van der Waals surface area contributed by atoms with Crippen LogP contribution in [0.5, 0.6) is 0 Å². The lowest BCUT2D eigenvalue weighted by molar-refractivity contribution is 0.0696. The maximum absolute atomic E-state index is 12.2. The molecule has 0 aliphatic rings. The van der Waals surface area contributed by atoms with Crippen molar-refractivity contribution in [3.8, 4) is 0 Å². The average Bonchev–Trinajstić information content (AvgIpc) is 2.89. The zero-order chi connectivity index (χ0) is 14.8. The number of carboxylic acid groups (broad SMARTS) is 1. The summed E-state index contributed by atoms with van der Waals surface area (Å²) in [6.07, 6.45) is 3.05. The first kappa shape index (κ1) is 14.7. The quantitative estimate of drug-likeness (QED) is 0.745. The molecular weight excluding hydrogens is 350 g/mol. The second-order valence-corrected chi connectivity index (χ2v) is 6.47. The monoisotopic (exact) mass is 359 g/mol. The Morgan fingerprint density at radius 3 is 2.80 bits per heavy atom. The molecule has 0 fully saturated rings. The van der Waals surface area contributed by atoms with Gasteiger partial charge in [-0.3, -0.25) is 5.10 Å². The van der Waals surface area contributed by atoms with Gasteiger partial charge in [-0.2, -0.15) is 5.10 Å². The third-order valence-corrected chi connectivity index (χ3v) is 4.88. The molecule has 1 aromatic carbocycles. The molecule has 1 aromatic heterocycles. The predicted molar refractivity (Wildman–Crippen MR) is 73.7 cm³/mol. The molecule has 9 heteroatoms. The Hall–Kier alpha value is -1.71. The smallest absolute Gasteiger partial charge is 0.335 e. The van der Waals surface area contributed by atoms with Gasteiger partial charge in [-0.05, 0) is 34.1 Å². The summed E-state index contributed by atoms with van der Waals surface area (Å²) in [5, 5.41) is 15.2. The van der Waals surface area contributed by atoms with E-state index in [1.54, 1.807) is 6.20 Å². The number of nitrogens with zero attached hydrogens (tertiary/aromatic N) is 1. The van der Waals surface area contributed by atoms with Crippen LogP contribution in [0.3, 0.4) is 0 Å². The number of halogens is 1. The first-order chi connectivity index (χ1) is 9.40. The highest BCUT2D eigenvalue weighted by Gasteiger charge is 2.19. The number of aromatic carboxylic acids is 1. The molecule has 2 aromatic rings. The number of H-pyrrole nitrogens is 1. The second-order valence-electron chi connectivity index (χ2n) is 3.88. The van der Waals surface area contributed by atoms with E-state index in [2.05, 4.69) is 30.8 Å². The van der Waals surface area contributed by atoms with E-state index in [9.17, 15) is 13.2 Å². The molecule has 1 heterocycles. The summed E-state index contributed by atoms with van der Waals surface area (Å²) in [6, 6.07) is 3.81. The fourth-order valence-electron chi connectivity index (χ4n) is 1.47. The molecule has 0 spiro atoms. The van der Waals surface area contributed by atoms with E-state index in [0.717, 1.165) is 6.07 Å². The topological polar surface area (TPSA) is 112 Å².